The largest absolute Gasteiger partial charge is 0.360 e. The quantitative estimate of drug-likeness (QED) is 0.727. The standard InChI is InChI=1S/C12H11ClN4S2/c1-2-7(11-14-4-6-19-11)15-10-9-8(3-5-18-9)16-12(13)17-10/h3-7H,2H2,1H3,(H,15,16,17). The van der Waals surface area contributed by atoms with Crippen molar-refractivity contribution in [1.29, 1.82) is 0 Å². The Morgan fingerprint density at radius 3 is 2.95 bits per heavy atom. The summed E-state index contributed by atoms with van der Waals surface area (Å²) in [6.07, 6.45) is 2.75. The number of halogens is 1. The molecule has 7 heteroatoms. The van der Waals surface area contributed by atoms with Crippen LogP contribution in [0.4, 0.5) is 5.82 Å². The molecule has 1 unspecified atom stereocenters. The smallest absolute Gasteiger partial charge is 0.224 e. The van der Waals surface area contributed by atoms with Crippen LogP contribution in [0.1, 0.15) is 24.4 Å². The molecule has 0 radical (unpaired) electrons. The fourth-order valence-corrected chi connectivity index (χ4v) is 3.57. The van der Waals surface area contributed by atoms with Gasteiger partial charge in [-0.05, 0) is 29.5 Å². The Balaban J connectivity index is 1.98. The summed E-state index contributed by atoms with van der Waals surface area (Å²) in [5.74, 6) is 0.784. The topological polar surface area (TPSA) is 50.7 Å². The molecule has 0 fully saturated rings. The lowest BCUT2D eigenvalue weighted by molar-refractivity contribution is 0.739. The molecular weight excluding hydrogens is 300 g/mol. The predicted molar refractivity (Wildman–Crippen MR) is 81.2 cm³/mol. The third kappa shape index (κ3) is 2.56. The molecule has 3 aromatic rings. The summed E-state index contributed by atoms with van der Waals surface area (Å²) in [7, 11) is 0. The molecule has 0 saturated carbocycles. The van der Waals surface area contributed by atoms with Gasteiger partial charge in [0, 0.05) is 11.6 Å². The van der Waals surface area contributed by atoms with Crippen molar-refractivity contribution in [2.45, 2.75) is 19.4 Å². The second kappa shape index (κ2) is 5.40. The summed E-state index contributed by atoms with van der Waals surface area (Å²) in [5, 5.41) is 8.72. The average molecular weight is 311 g/mol. The van der Waals surface area contributed by atoms with Crippen LogP contribution in [0.15, 0.2) is 23.0 Å². The summed E-state index contributed by atoms with van der Waals surface area (Å²) in [6, 6.07) is 2.10. The number of thiophene rings is 1. The van der Waals surface area contributed by atoms with E-state index in [4.69, 9.17) is 11.6 Å². The molecule has 0 amide bonds. The van der Waals surface area contributed by atoms with Gasteiger partial charge in [-0.3, -0.25) is 0 Å². The molecule has 0 aliphatic heterocycles. The van der Waals surface area contributed by atoms with E-state index in [-0.39, 0.29) is 11.3 Å². The van der Waals surface area contributed by atoms with Crippen LogP contribution >= 0.6 is 34.3 Å². The number of hydrogen-bond donors (Lipinski definition) is 1. The molecule has 0 saturated heterocycles. The lowest BCUT2D eigenvalue weighted by atomic mass is 10.2. The lowest BCUT2D eigenvalue weighted by Gasteiger charge is -2.15. The van der Waals surface area contributed by atoms with Gasteiger partial charge in [0.1, 0.15) is 10.8 Å². The molecule has 4 nitrogen and oxygen atoms in total. The van der Waals surface area contributed by atoms with Gasteiger partial charge in [-0.2, -0.15) is 4.98 Å². The minimum absolute atomic E-state index is 0.149. The molecule has 1 atom stereocenters. The molecule has 19 heavy (non-hydrogen) atoms. The van der Waals surface area contributed by atoms with Crippen molar-refractivity contribution in [2.75, 3.05) is 5.32 Å². The van der Waals surface area contributed by atoms with Crippen molar-refractivity contribution >= 4 is 50.3 Å². The first-order chi connectivity index (χ1) is 9.28. The molecule has 3 heterocycles. The van der Waals surface area contributed by atoms with Crippen LogP contribution in [0.3, 0.4) is 0 Å². The van der Waals surface area contributed by atoms with Crippen LogP contribution < -0.4 is 5.32 Å². The number of rotatable bonds is 4. The zero-order valence-corrected chi connectivity index (χ0v) is 12.5. The number of nitrogens with zero attached hydrogens (tertiary/aromatic N) is 3. The number of aromatic nitrogens is 3. The molecule has 98 valence electrons. The maximum Gasteiger partial charge on any atom is 0.224 e. The average Bonchev–Trinajstić information content (AvgIpc) is 3.05. The van der Waals surface area contributed by atoms with Crippen molar-refractivity contribution in [3.8, 4) is 0 Å². The van der Waals surface area contributed by atoms with Crippen molar-refractivity contribution in [3.05, 3.63) is 33.3 Å². The number of nitrogens with one attached hydrogen (secondary N) is 1. The van der Waals surface area contributed by atoms with E-state index >= 15 is 0 Å². The number of fused-ring (bicyclic) bond motifs is 1. The first kappa shape index (κ1) is 12.8. The van der Waals surface area contributed by atoms with E-state index in [9.17, 15) is 0 Å². The monoisotopic (exact) mass is 310 g/mol. The Bertz CT molecular complexity index is 680. The lowest BCUT2D eigenvalue weighted by Crippen LogP contribution is -2.10. The van der Waals surface area contributed by atoms with Gasteiger partial charge in [0.15, 0.2) is 0 Å². The summed E-state index contributed by atoms with van der Waals surface area (Å²) >= 11 is 9.21. The molecule has 0 aliphatic carbocycles. The highest BCUT2D eigenvalue weighted by molar-refractivity contribution is 7.17. The van der Waals surface area contributed by atoms with Gasteiger partial charge >= 0.3 is 0 Å². The van der Waals surface area contributed by atoms with Gasteiger partial charge in [-0.1, -0.05) is 6.92 Å². The van der Waals surface area contributed by atoms with Crippen molar-refractivity contribution in [1.82, 2.24) is 15.0 Å². The summed E-state index contributed by atoms with van der Waals surface area (Å²) in [4.78, 5) is 12.9. The second-order valence-corrected chi connectivity index (χ2v) is 6.13. The van der Waals surface area contributed by atoms with E-state index < -0.39 is 0 Å². The SMILES string of the molecule is CCC(Nc1nc(Cl)nc2ccsc12)c1nccs1. The summed E-state index contributed by atoms with van der Waals surface area (Å²) in [6.45, 7) is 2.12. The molecule has 0 spiro atoms. The minimum atomic E-state index is 0.149. The Morgan fingerprint density at radius 1 is 1.32 bits per heavy atom. The van der Waals surface area contributed by atoms with Gasteiger partial charge < -0.3 is 5.32 Å². The van der Waals surface area contributed by atoms with Crippen LogP contribution in [-0.2, 0) is 0 Å². The van der Waals surface area contributed by atoms with Crippen LogP contribution in [0.25, 0.3) is 10.2 Å². The van der Waals surface area contributed by atoms with E-state index in [1.165, 1.54) is 0 Å². The van der Waals surface area contributed by atoms with E-state index in [2.05, 4.69) is 27.2 Å². The fraction of sp³-hybridized carbons (Fsp3) is 0.250. The third-order valence-electron chi connectivity index (χ3n) is 2.75. The number of thiazole rings is 1. The zero-order valence-electron chi connectivity index (χ0n) is 10.1. The van der Waals surface area contributed by atoms with Crippen molar-refractivity contribution in [2.24, 2.45) is 0 Å². The maximum atomic E-state index is 5.96. The Morgan fingerprint density at radius 2 is 2.21 bits per heavy atom. The minimum Gasteiger partial charge on any atom is -0.360 e. The van der Waals surface area contributed by atoms with Gasteiger partial charge in [0.2, 0.25) is 5.28 Å². The Hall–Kier alpha value is -1.24. The predicted octanol–water partition coefficient (Wildman–Crippen LogP) is 4.36. The zero-order chi connectivity index (χ0) is 13.2. The first-order valence-electron chi connectivity index (χ1n) is 5.84. The number of anilines is 1. The highest BCUT2D eigenvalue weighted by Crippen LogP contribution is 2.31. The van der Waals surface area contributed by atoms with Gasteiger partial charge in [-0.15, -0.1) is 22.7 Å². The van der Waals surface area contributed by atoms with E-state index in [0.717, 1.165) is 27.5 Å². The molecular formula is C12H11ClN4S2. The molecule has 0 aliphatic rings. The molecule has 3 aromatic heterocycles. The first-order valence-corrected chi connectivity index (χ1v) is 7.98. The van der Waals surface area contributed by atoms with Gasteiger partial charge in [0.05, 0.1) is 16.3 Å². The summed E-state index contributed by atoms with van der Waals surface area (Å²) < 4.78 is 1.03. The highest BCUT2D eigenvalue weighted by atomic mass is 35.5. The molecule has 0 aromatic carbocycles. The van der Waals surface area contributed by atoms with E-state index in [0.29, 0.717) is 0 Å². The fourth-order valence-electron chi connectivity index (χ4n) is 1.84. The maximum absolute atomic E-state index is 5.96. The van der Waals surface area contributed by atoms with Gasteiger partial charge in [0.25, 0.3) is 0 Å². The summed E-state index contributed by atoms with van der Waals surface area (Å²) in [5.41, 5.74) is 0.876. The van der Waals surface area contributed by atoms with Crippen molar-refractivity contribution in [3.63, 3.8) is 0 Å². The second-order valence-electron chi connectivity index (χ2n) is 3.95. The molecule has 3 rings (SSSR count). The van der Waals surface area contributed by atoms with Crippen molar-refractivity contribution < 1.29 is 0 Å². The van der Waals surface area contributed by atoms with E-state index in [1.807, 2.05) is 23.0 Å². The third-order valence-corrected chi connectivity index (χ3v) is 4.71. The van der Waals surface area contributed by atoms with Crippen LogP contribution in [0, 0.1) is 0 Å². The molecule has 1 N–H and O–H groups in total. The van der Waals surface area contributed by atoms with Crippen LogP contribution in [-0.4, -0.2) is 15.0 Å². The highest BCUT2D eigenvalue weighted by Gasteiger charge is 2.15. The molecule has 0 bridgehead atoms. The number of hydrogen-bond acceptors (Lipinski definition) is 6. The van der Waals surface area contributed by atoms with E-state index in [1.54, 1.807) is 22.7 Å². The Kier molecular flexibility index (Phi) is 3.63. The Labute approximate surface area is 123 Å². The normalized spacial score (nSPS) is 12.7. The van der Waals surface area contributed by atoms with Crippen LogP contribution in [0.2, 0.25) is 5.28 Å². The van der Waals surface area contributed by atoms with Gasteiger partial charge in [-0.25, -0.2) is 9.97 Å². The van der Waals surface area contributed by atoms with Crippen LogP contribution in [0.5, 0.6) is 0 Å².